The van der Waals surface area contributed by atoms with Gasteiger partial charge in [0.25, 0.3) is 0 Å². The van der Waals surface area contributed by atoms with E-state index < -0.39 is 0 Å². The van der Waals surface area contributed by atoms with Gasteiger partial charge in [0.15, 0.2) is 5.96 Å². The van der Waals surface area contributed by atoms with E-state index in [1.54, 1.807) is 14.0 Å². The third-order valence-corrected chi connectivity index (χ3v) is 4.40. The number of carbonyl (C=O) groups is 1. The van der Waals surface area contributed by atoms with Gasteiger partial charge in [0, 0.05) is 46.2 Å². The number of aliphatic imine (C=N–C) groups is 1. The third-order valence-electron chi connectivity index (χ3n) is 4.40. The van der Waals surface area contributed by atoms with Crippen LogP contribution in [-0.2, 0) is 11.2 Å². The average molecular weight is 346 g/mol. The van der Waals surface area contributed by atoms with Gasteiger partial charge in [-0.05, 0) is 37.5 Å². The number of guanidine groups is 1. The number of aryl methyl sites for hydroxylation is 1. The number of methoxy groups -OCH3 is 1. The Balaban J connectivity index is 1.81. The average Bonchev–Trinajstić information content (AvgIpc) is 2.65. The summed E-state index contributed by atoms with van der Waals surface area (Å²) in [6.45, 7) is 8.57. The first-order chi connectivity index (χ1) is 12.1. The molecule has 0 radical (unpaired) electrons. The maximum absolute atomic E-state index is 11.4. The lowest BCUT2D eigenvalue weighted by atomic mass is 10.1. The van der Waals surface area contributed by atoms with Crippen molar-refractivity contribution in [2.24, 2.45) is 4.99 Å². The van der Waals surface area contributed by atoms with Crippen LogP contribution in [0.5, 0.6) is 5.75 Å². The molecule has 6 nitrogen and oxygen atoms in total. The minimum Gasteiger partial charge on any atom is -0.497 e. The summed E-state index contributed by atoms with van der Waals surface area (Å²) in [5.74, 6) is 2.00. The van der Waals surface area contributed by atoms with Gasteiger partial charge < -0.3 is 19.9 Å². The molecule has 2 rings (SSSR count). The number of hydrogen-bond donors (Lipinski definition) is 1. The van der Waals surface area contributed by atoms with E-state index in [1.165, 1.54) is 5.56 Å². The van der Waals surface area contributed by atoms with Gasteiger partial charge in [0.2, 0.25) is 5.91 Å². The molecule has 25 heavy (non-hydrogen) atoms. The van der Waals surface area contributed by atoms with Crippen LogP contribution in [0.3, 0.4) is 0 Å². The second kappa shape index (κ2) is 9.91. The number of nitrogens with zero attached hydrogens (tertiary/aromatic N) is 3. The Morgan fingerprint density at radius 2 is 1.80 bits per heavy atom. The highest BCUT2D eigenvalue weighted by atomic mass is 16.5. The molecule has 1 aromatic carbocycles. The molecule has 6 heteroatoms. The van der Waals surface area contributed by atoms with E-state index in [1.807, 2.05) is 17.0 Å². The van der Waals surface area contributed by atoms with Crippen LogP contribution in [0.4, 0.5) is 0 Å². The van der Waals surface area contributed by atoms with Crippen molar-refractivity contribution in [1.29, 1.82) is 0 Å². The Bertz CT molecular complexity index is 563. The maximum Gasteiger partial charge on any atom is 0.219 e. The zero-order valence-electron chi connectivity index (χ0n) is 15.6. The van der Waals surface area contributed by atoms with E-state index in [-0.39, 0.29) is 5.91 Å². The van der Waals surface area contributed by atoms with Crippen LogP contribution in [-0.4, -0.2) is 68.0 Å². The maximum atomic E-state index is 11.4. The summed E-state index contributed by atoms with van der Waals surface area (Å²) in [7, 11) is 1.68. The van der Waals surface area contributed by atoms with Gasteiger partial charge in [-0.15, -0.1) is 0 Å². The molecule has 0 saturated carbocycles. The first-order valence-electron chi connectivity index (χ1n) is 9.05. The number of amides is 1. The van der Waals surface area contributed by atoms with Crippen molar-refractivity contribution in [3.63, 3.8) is 0 Å². The molecule has 0 spiro atoms. The van der Waals surface area contributed by atoms with Crippen molar-refractivity contribution < 1.29 is 9.53 Å². The summed E-state index contributed by atoms with van der Waals surface area (Å²) in [6, 6.07) is 8.21. The van der Waals surface area contributed by atoms with Gasteiger partial charge in [-0.25, -0.2) is 0 Å². The smallest absolute Gasteiger partial charge is 0.219 e. The second-order valence-electron chi connectivity index (χ2n) is 6.18. The molecule has 1 heterocycles. The van der Waals surface area contributed by atoms with E-state index in [4.69, 9.17) is 9.73 Å². The first kappa shape index (κ1) is 19.1. The lowest BCUT2D eigenvalue weighted by molar-refractivity contribution is -0.130. The summed E-state index contributed by atoms with van der Waals surface area (Å²) in [6.07, 6.45) is 2.01. The van der Waals surface area contributed by atoms with Crippen LogP contribution < -0.4 is 10.1 Å². The Morgan fingerprint density at radius 3 is 2.36 bits per heavy atom. The molecule has 0 aliphatic carbocycles. The van der Waals surface area contributed by atoms with Gasteiger partial charge in [-0.1, -0.05) is 12.1 Å². The van der Waals surface area contributed by atoms with Crippen molar-refractivity contribution in [1.82, 2.24) is 15.1 Å². The largest absolute Gasteiger partial charge is 0.497 e. The van der Waals surface area contributed by atoms with Crippen molar-refractivity contribution in [3.8, 4) is 5.75 Å². The van der Waals surface area contributed by atoms with Crippen molar-refractivity contribution in [2.75, 3.05) is 46.4 Å². The summed E-state index contributed by atoms with van der Waals surface area (Å²) >= 11 is 0. The Kier molecular flexibility index (Phi) is 7.57. The molecule has 1 fully saturated rings. The number of hydrogen-bond acceptors (Lipinski definition) is 3. The lowest BCUT2D eigenvalue weighted by Gasteiger charge is -2.36. The van der Waals surface area contributed by atoms with Crippen LogP contribution in [0, 0.1) is 0 Å². The minimum atomic E-state index is 0.154. The Labute approximate surface area is 150 Å². The molecule has 1 amide bonds. The number of piperazine rings is 1. The molecular formula is C19H30N4O2. The summed E-state index contributed by atoms with van der Waals surface area (Å²) in [5.41, 5.74) is 1.30. The van der Waals surface area contributed by atoms with E-state index >= 15 is 0 Å². The van der Waals surface area contributed by atoms with E-state index in [9.17, 15) is 4.79 Å². The molecule has 1 N–H and O–H groups in total. The lowest BCUT2D eigenvalue weighted by Crippen LogP contribution is -2.53. The summed E-state index contributed by atoms with van der Waals surface area (Å²) < 4.78 is 5.18. The van der Waals surface area contributed by atoms with Crippen LogP contribution in [0.2, 0.25) is 0 Å². The number of rotatable bonds is 6. The van der Waals surface area contributed by atoms with Gasteiger partial charge in [-0.3, -0.25) is 9.79 Å². The third kappa shape index (κ3) is 5.96. The molecule has 138 valence electrons. The van der Waals surface area contributed by atoms with E-state index in [0.29, 0.717) is 0 Å². The zero-order chi connectivity index (χ0) is 18.1. The Hall–Kier alpha value is -2.24. The molecule has 0 bridgehead atoms. The van der Waals surface area contributed by atoms with Crippen molar-refractivity contribution in [3.05, 3.63) is 29.8 Å². The molecule has 1 aromatic rings. The van der Waals surface area contributed by atoms with Crippen LogP contribution in [0.25, 0.3) is 0 Å². The molecule has 1 saturated heterocycles. The van der Waals surface area contributed by atoms with Crippen molar-refractivity contribution >= 4 is 11.9 Å². The summed E-state index contributed by atoms with van der Waals surface area (Å²) in [4.78, 5) is 20.3. The van der Waals surface area contributed by atoms with Gasteiger partial charge in [0.1, 0.15) is 5.75 Å². The molecule has 1 aliphatic heterocycles. The fraction of sp³-hybridized carbons (Fsp3) is 0.579. The quantitative estimate of drug-likeness (QED) is 0.484. The molecule has 0 aromatic heterocycles. The van der Waals surface area contributed by atoms with Gasteiger partial charge >= 0.3 is 0 Å². The molecule has 0 atom stereocenters. The van der Waals surface area contributed by atoms with Crippen molar-refractivity contribution in [2.45, 2.75) is 26.7 Å². The zero-order valence-corrected chi connectivity index (χ0v) is 15.6. The highest BCUT2D eigenvalue weighted by Crippen LogP contribution is 2.12. The van der Waals surface area contributed by atoms with Gasteiger partial charge in [-0.2, -0.15) is 0 Å². The monoisotopic (exact) mass is 346 g/mol. The minimum absolute atomic E-state index is 0.154. The molecule has 0 unspecified atom stereocenters. The highest BCUT2D eigenvalue weighted by Gasteiger charge is 2.20. The van der Waals surface area contributed by atoms with Crippen LogP contribution in [0.1, 0.15) is 25.8 Å². The van der Waals surface area contributed by atoms with Crippen LogP contribution in [0.15, 0.2) is 29.3 Å². The number of ether oxygens (including phenoxy) is 1. The summed E-state index contributed by atoms with van der Waals surface area (Å²) in [5, 5.41) is 3.37. The van der Waals surface area contributed by atoms with E-state index in [0.717, 1.165) is 63.8 Å². The second-order valence-corrected chi connectivity index (χ2v) is 6.18. The topological polar surface area (TPSA) is 57.2 Å². The first-order valence-corrected chi connectivity index (χ1v) is 9.05. The van der Waals surface area contributed by atoms with Crippen LogP contribution >= 0.6 is 0 Å². The molecule has 1 aliphatic rings. The standard InChI is InChI=1S/C19H30N4O2/c1-4-20-19(23-14-12-22(13-15-23)16(2)24)21-11-5-6-17-7-9-18(25-3)10-8-17/h7-10H,4-6,11-15H2,1-3H3,(H,20,21). The predicted octanol–water partition coefficient (Wildman–Crippen LogP) is 1.76. The fourth-order valence-corrected chi connectivity index (χ4v) is 2.92. The number of nitrogens with one attached hydrogen (secondary N) is 1. The van der Waals surface area contributed by atoms with Gasteiger partial charge in [0.05, 0.1) is 7.11 Å². The Morgan fingerprint density at radius 1 is 1.16 bits per heavy atom. The predicted molar refractivity (Wildman–Crippen MR) is 101 cm³/mol. The fourth-order valence-electron chi connectivity index (χ4n) is 2.92. The molecular weight excluding hydrogens is 316 g/mol. The normalized spacial score (nSPS) is 15.2. The number of benzene rings is 1. The number of carbonyl (C=O) groups excluding carboxylic acids is 1. The van der Waals surface area contributed by atoms with E-state index in [2.05, 4.69) is 29.3 Å². The highest BCUT2D eigenvalue weighted by molar-refractivity contribution is 5.80. The SMILES string of the molecule is CCNC(=NCCCc1ccc(OC)cc1)N1CCN(C(C)=O)CC1.